The summed E-state index contributed by atoms with van der Waals surface area (Å²) in [6.07, 6.45) is 2.18. The van der Waals surface area contributed by atoms with E-state index < -0.39 is 0 Å². The Bertz CT molecular complexity index is 563. The van der Waals surface area contributed by atoms with Crippen molar-refractivity contribution in [2.24, 2.45) is 0 Å². The molecule has 0 amide bonds. The lowest BCUT2D eigenvalue weighted by molar-refractivity contribution is 0.626. The molecule has 2 aromatic rings. The summed E-state index contributed by atoms with van der Waals surface area (Å²) in [5, 5.41) is 3.31. The first-order valence-electron chi connectivity index (χ1n) is 7.33. The minimum atomic E-state index is -0.179. The van der Waals surface area contributed by atoms with E-state index in [0.717, 1.165) is 42.6 Å². The Morgan fingerprint density at radius 3 is 2.65 bits per heavy atom. The molecule has 1 N–H and O–H groups in total. The van der Waals surface area contributed by atoms with Crippen molar-refractivity contribution < 1.29 is 4.39 Å². The summed E-state index contributed by atoms with van der Waals surface area (Å²) in [5.74, 6) is -0.179. The second kappa shape index (κ2) is 7.20. The molecule has 0 bridgehead atoms. The zero-order chi connectivity index (χ0) is 14.4. The molecule has 0 atom stereocenters. The van der Waals surface area contributed by atoms with Crippen LogP contribution < -0.4 is 5.32 Å². The Labute approximate surface area is 120 Å². The van der Waals surface area contributed by atoms with E-state index in [0.29, 0.717) is 0 Å². The molecule has 0 spiro atoms. The molecule has 20 heavy (non-hydrogen) atoms. The molecule has 0 aliphatic heterocycles. The molecule has 0 heterocycles. The Kier molecular flexibility index (Phi) is 5.31. The van der Waals surface area contributed by atoms with Gasteiger partial charge in [-0.05, 0) is 47.4 Å². The zero-order valence-electron chi connectivity index (χ0n) is 12.2. The number of nitrogens with one attached hydrogen (secondary N) is 1. The van der Waals surface area contributed by atoms with Crippen LogP contribution in [-0.2, 0) is 13.0 Å². The van der Waals surface area contributed by atoms with E-state index >= 15 is 0 Å². The van der Waals surface area contributed by atoms with Crippen molar-refractivity contribution in [2.75, 3.05) is 6.54 Å². The normalized spacial score (nSPS) is 10.8. The molecule has 0 fully saturated rings. The minimum Gasteiger partial charge on any atom is -0.313 e. The quantitative estimate of drug-likeness (QED) is 0.812. The number of hydrogen-bond donors (Lipinski definition) is 1. The molecule has 0 unspecified atom stereocenters. The lowest BCUT2D eigenvalue weighted by Gasteiger charge is -2.12. The second-order valence-electron chi connectivity index (χ2n) is 5.03. The second-order valence-corrected chi connectivity index (χ2v) is 5.03. The lowest BCUT2D eigenvalue weighted by atomic mass is 9.97. The molecule has 0 aliphatic carbocycles. The largest absolute Gasteiger partial charge is 0.313 e. The van der Waals surface area contributed by atoms with Crippen LogP contribution in [0.5, 0.6) is 0 Å². The van der Waals surface area contributed by atoms with Gasteiger partial charge in [0, 0.05) is 6.54 Å². The number of benzene rings is 2. The summed E-state index contributed by atoms with van der Waals surface area (Å²) in [6, 6.07) is 13.5. The fourth-order valence-corrected chi connectivity index (χ4v) is 2.41. The molecule has 0 saturated carbocycles. The van der Waals surface area contributed by atoms with Gasteiger partial charge in [0.1, 0.15) is 5.82 Å². The van der Waals surface area contributed by atoms with Crippen LogP contribution in [0.2, 0.25) is 0 Å². The molecule has 1 nitrogen and oxygen atoms in total. The molecule has 106 valence electrons. The van der Waals surface area contributed by atoms with Gasteiger partial charge < -0.3 is 5.32 Å². The van der Waals surface area contributed by atoms with Gasteiger partial charge in [-0.15, -0.1) is 0 Å². The number of rotatable bonds is 6. The highest BCUT2D eigenvalue weighted by molar-refractivity contribution is 5.68. The molecular weight excluding hydrogens is 249 g/mol. The highest BCUT2D eigenvalue weighted by Gasteiger charge is 2.07. The molecule has 2 rings (SSSR count). The molecular formula is C18H22FN. The van der Waals surface area contributed by atoms with Crippen LogP contribution in [0.1, 0.15) is 31.4 Å². The van der Waals surface area contributed by atoms with Crippen molar-refractivity contribution in [3.63, 3.8) is 0 Å². The molecule has 2 heteroatoms. The maximum Gasteiger partial charge on any atom is 0.123 e. The first-order valence-corrected chi connectivity index (χ1v) is 7.33. The maximum atomic E-state index is 13.6. The van der Waals surface area contributed by atoms with Gasteiger partial charge in [-0.1, -0.05) is 50.6 Å². The van der Waals surface area contributed by atoms with E-state index in [2.05, 4.69) is 43.4 Å². The molecule has 0 aromatic heterocycles. The topological polar surface area (TPSA) is 12.0 Å². The summed E-state index contributed by atoms with van der Waals surface area (Å²) in [7, 11) is 0. The van der Waals surface area contributed by atoms with Crippen LogP contribution in [0.3, 0.4) is 0 Å². The van der Waals surface area contributed by atoms with Gasteiger partial charge in [0.05, 0.1) is 0 Å². The summed E-state index contributed by atoms with van der Waals surface area (Å²) < 4.78 is 13.6. The monoisotopic (exact) mass is 271 g/mol. The number of halogens is 1. The van der Waals surface area contributed by atoms with E-state index in [1.54, 1.807) is 6.07 Å². The first kappa shape index (κ1) is 14.7. The summed E-state index contributed by atoms with van der Waals surface area (Å²) in [4.78, 5) is 0. The Hall–Kier alpha value is -1.67. The summed E-state index contributed by atoms with van der Waals surface area (Å²) in [5.41, 5.74) is 4.54. The molecule has 0 aliphatic rings. The van der Waals surface area contributed by atoms with Gasteiger partial charge in [0.2, 0.25) is 0 Å². The predicted octanol–water partition coefficient (Wildman–Crippen LogP) is 4.55. The van der Waals surface area contributed by atoms with Crippen LogP contribution in [0, 0.1) is 5.82 Å². The summed E-state index contributed by atoms with van der Waals surface area (Å²) >= 11 is 0. The van der Waals surface area contributed by atoms with E-state index in [9.17, 15) is 4.39 Å². The third-order valence-electron chi connectivity index (χ3n) is 3.41. The first-order chi connectivity index (χ1) is 9.74. The Morgan fingerprint density at radius 2 is 1.90 bits per heavy atom. The standard InChI is InChI=1S/C18H22FN/c1-3-6-14-7-5-8-15(11-14)18-12-17(19)10-9-16(18)13-20-4-2/h5,7-12,20H,3-4,6,13H2,1-2H3. The van der Waals surface area contributed by atoms with Crippen LogP contribution in [-0.4, -0.2) is 6.54 Å². The average Bonchev–Trinajstić information content (AvgIpc) is 2.46. The third kappa shape index (κ3) is 3.67. The van der Waals surface area contributed by atoms with Crippen molar-refractivity contribution in [3.8, 4) is 11.1 Å². The van der Waals surface area contributed by atoms with Crippen LogP contribution in [0.15, 0.2) is 42.5 Å². The SMILES string of the molecule is CCCc1cccc(-c2cc(F)ccc2CNCC)c1. The van der Waals surface area contributed by atoms with E-state index in [4.69, 9.17) is 0 Å². The maximum absolute atomic E-state index is 13.6. The van der Waals surface area contributed by atoms with Gasteiger partial charge in [0.25, 0.3) is 0 Å². The molecule has 2 aromatic carbocycles. The highest BCUT2D eigenvalue weighted by atomic mass is 19.1. The predicted molar refractivity (Wildman–Crippen MR) is 83.2 cm³/mol. The Balaban J connectivity index is 2.39. The third-order valence-corrected chi connectivity index (χ3v) is 3.41. The average molecular weight is 271 g/mol. The van der Waals surface area contributed by atoms with Crippen LogP contribution >= 0.6 is 0 Å². The summed E-state index contributed by atoms with van der Waals surface area (Å²) in [6.45, 7) is 5.92. The van der Waals surface area contributed by atoms with E-state index in [-0.39, 0.29) is 5.82 Å². The van der Waals surface area contributed by atoms with Crippen molar-refractivity contribution in [3.05, 3.63) is 59.4 Å². The fraction of sp³-hybridized carbons (Fsp3) is 0.333. The van der Waals surface area contributed by atoms with E-state index in [1.165, 1.54) is 11.6 Å². The van der Waals surface area contributed by atoms with Gasteiger partial charge in [-0.2, -0.15) is 0 Å². The lowest BCUT2D eigenvalue weighted by Crippen LogP contribution is -2.12. The van der Waals surface area contributed by atoms with Crippen molar-refractivity contribution >= 4 is 0 Å². The van der Waals surface area contributed by atoms with Crippen molar-refractivity contribution in [2.45, 2.75) is 33.2 Å². The van der Waals surface area contributed by atoms with Crippen molar-refractivity contribution in [1.82, 2.24) is 5.32 Å². The van der Waals surface area contributed by atoms with E-state index in [1.807, 2.05) is 6.07 Å². The molecule has 0 saturated heterocycles. The van der Waals surface area contributed by atoms with Crippen LogP contribution in [0.4, 0.5) is 4.39 Å². The molecule has 0 radical (unpaired) electrons. The zero-order valence-corrected chi connectivity index (χ0v) is 12.2. The van der Waals surface area contributed by atoms with Gasteiger partial charge in [0.15, 0.2) is 0 Å². The fourth-order valence-electron chi connectivity index (χ4n) is 2.41. The Morgan fingerprint density at radius 1 is 1.05 bits per heavy atom. The highest BCUT2D eigenvalue weighted by Crippen LogP contribution is 2.26. The van der Waals surface area contributed by atoms with Gasteiger partial charge >= 0.3 is 0 Å². The van der Waals surface area contributed by atoms with Gasteiger partial charge in [-0.25, -0.2) is 4.39 Å². The smallest absolute Gasteiger partial charge is 0.123 e. The number of aryl methyl sites for hydroxylation is 1. The van der Waals surface area contributed by atoms with Crippen LogP contribution in [0.25, 0.3) is 11.1 Å². The minimum absolute atomic E-state index is 0.179. The number of hydrogen-bond acceptors (Lipinski definition) is 1. The van der Waals surface area contributed by atoms with Gasteiger partial charge in [-0.3, -0.25) is 0 Å². The van der Waals surface area contributed by atoms with Crippen molar-refractivity contribution in [1.29, 1.82) is 0 Å².